The van der Waals surface area contributed by atoms with E-state index in [1.807, 2.05) is 24.3 Å². The standard InChI is InChI=1S/C20H27N3O3S/c1-4-22-11-13-23(14-12-22)18-7-5-17(6-8-18)21-27(24,25)20-10-9-19(26-3)15-16(20)2/h5-10,15,21H,4,11-14H2,1-3H3. The number of likely N-dealkylation sites (N-methyl/N-ethyl adjacent to an activating group) is 1. The zero-order chi connectivity index (χ0) is 19.4. The molecule has 0 amide bonds. The lowest BCUT2D eigenvalue weighted by molar-refractivity contribution is 0.271. The van der Waals surface area contributed by atoms with Gasteiger partial charge in [-0.25, -0.2) is 8.42 Å². The first-order chi connectivity index (χ1) is 12.9. The number of sulfonamides is 1. The number of nitrogens with one attached hydrogen (secondary N) is 1. The molecule has 1 aliphatic rings. The summed E-state index contributed by atoms with van der Waals surface area (Å²) in [4.78, 5) is 5.01. The lowest BCUT2D eigenvalue weighted by atomic mass is 10.2. The average molecular weight is 390 g/mol. The second kappa shape index (κ2) is 8.19. The normalized spacial score (nSPS) is 15.6. The molecular weight excluding hydrogens is 362 g/mol. The van der Waals surface area contributed by atoms with E-state index in [0.717, 1.165) is 38.4 Å². The molecule has 2 aromatic carbocycles. The highest BCUT2D eigenvalue weighted by Gasteiger charge is 2.19. The SMILES string of the molecule is CCN1CCN(c2ccc(NS(=O)(=O)c3ccc(OC)cc3C)cc2)CC1. The zero-order valence-corrected chi connectivity index (χ0v) is 16.9. The number of hydrogen-bond acceptors (Lipinski definition) is 5. The third-order valence-corrected chi connectivity index (χ3v) is 6.52. The highest BCUT2D eigenvalue weighted by molar-refractivity contribution is 7.92. The highest BCUT2D eigenvalue weighted by atomic mass is 32.2. The quantitative estimate of drug-likeness (QED) is 0.823. The second-order valence-electron chi connectivity index (χ2n) is 6.71. The molecule has 146 valence electrons. The summed E-state index contributed by atoms with van der Waals surface area (Å²) in [5.41, 5.74) is 2.32. The number of benzene rings is 2. The molecule has 0 aliphatic carbocycles. The maximum Gasteiger partial charge on any atom is 0.262 e. The second-order valence-corrected chi connectivity index (χ2v) is 8.36. The van der Waals surface area contributed by atoms with Crippen molar-refractivity contribution < 1.29 is 13.2 Å². The van der Waals surface area contributed by atoms with Gasteiger partial charge in [0, 0.05) is 37.6 Å². The first-order valence-corrected chi connectivity index (χ1v) is 10.7. The number of methoxy groups -OCH3 is 1. The third kappa shape index (κ3) is 4.54. The molecule has 0 radical (unpaired) electrons. The third-order valence-electron chi connectivity index (χ3n) is 4.98. The first kappa shape index (κ1) is 19.5. The molecule has 0 bridgehead atoms. The number of piperazine rings is 1. The minimum atomic E-state index is -3.64. The van der Waals surface area contributed by atoms with Crippen molar-refractivity contribution in [3.8, 4) is 5.75 Å². The van der Waals surface area contributed by atoms with Gasteiger partial charge in [0.1, 0.15) is 5.75 Å². The summed E-state index contributed by atoms with van der Waals surface area (Å²) < 4.78 is 33.2. The van der Waals surface area contributed by atoms with Crippen LogP contribution in [0.2, 0.25) is 0 Å². The van der Waals surface area contributed by atoms with Gasteiger partial charge in [-0.05, 0) is 61.5 Å². The Labute approximate surface area is 161 Å². The summed E-state index contributed by atoms with van der Waals surface area (Å²) in [6.45, 7) is 9.12. The molecule has 7 heteroatoms. The molecule has 0 spiro atoms. The van der Waals surface area contributed by atoms with Gasteiger partial charge in [0.2, 0.25) is 0 Å². The molecule has 0 atom stereocenters. The van der Waals surface area contributed by atoms with Gasteiger partial charge in [0.25, 0.3) is 10.0 Å². The Morgan fingerprint density at radius 2 is 1.70 bits per heavy atom. The molecule has 1 saturated heterocycles. The van der Waals surface area contributed by atoms with E-state index in [1.165, 1.54) is 0 Å². The van der Waals surface area contributed by atoms with Gasteiger partial charge in [-0.3, -0.25) is 4.72 Å². The van der Waals surface area contributed by atoms with Crippen molar-refractivity contribution in [1.82, 2.24) is 4.90 Å². The molecule has 1 aliphatic heterocycles. The number of hydrogen-bond donors (Lipinski definition) is 1. The van der Waals surface area contributed by atoms with Crippen LogP contribution in [0.5, 0.6) is 5.75 Å². The van der Waals surface area contributed by atoms with Crippen LogP contribution in [0.4, 0.5) is 11.4 Å². The van der Waals surface area contributed by atoms with Crippen LogP contribution < -0.4 is 14.4 Å². The number of aryl methyl sites for hydroxylation is 1. The molecule has 27 heavy (non-hydrogen) atoms. The van der Waals surface area contributed by atoms with Crippen LogP contribution >= 0.6 is 0 Å². The van der Waals surface area contributed by atoms with Crippen molar-refractivity contribution in [3.63, 3.8) is 0 Å². The fourth-order valence-corrected chi connectivity index (χ4v) is 4.61. The summed E-state index contributed by atoms with van der Waals surface area (Å²) in [6, 6.07) is 12.5. The van der Waals surface area contributed by atoms with E-state index >= 15 is 0 Å². The summed E-state index contributed by atoms with van der Waals surface area (Å²) in [5.74, 6) is 0.638. The monoisotopic (exact) mass is 389 g/mol. The molecular formula is C20H27N3O3S. The van der Waals surface area contributed by atoms with Crippen LogP contribution in [0.1, 0.15) is 12.5 Å². The molecule has 0 saturated carbocycles. The molecule has 2 aromatic rings. The van der Waals surface area contributed by atoms with Crippen molar-refractivity contribution in [1.29, 1.82) is 0 Å². The lowest BCUT2D eigenvalue weighted by Crippen LogP contribution is -2.46. The van der Waals surface area contributed by atoms with Gasteiger partial charge in [-0.2, -0.15) is 0 Å². The van der Waals surface area contributed by atoms with E-state index < -0.39 is 10.0 Å². The smallest absolute Gasteiger partial charge is 0.262 e. The van der Waals surface area contributed by atoms with Crippen LogP contribution in [0.3, 0.4) is 0 Å². The van der Waals surface area contributed by atoms with Gasteiger partial charge < -0.3 is 14.5 Å². The molecule has 1 N–H and O–H groups in total. The van der Waals surface area contributed by atoms with Gasteiger partial charge in [-0.15, -0.1) is 0 Å². The molecule has 0 aromatic heterocycles. The van der Waals surface area contributed by atoms with E-state index in [4.69, 9.17) is 4.74 Å². The number of anilines is 2. The molecule has 6 nitrogen and oxygen atoms in total. The van der Waals surface area contributed by atoms with Crippen LogP contribution in [0, 0.1) is 6.92 Å². The van der Waals surface area contributed by atoms with E-state index in [-0.39, 0.29) is 4.90 Å². The maximum atomic E-state index is 12.7. The average Bonchev–Trinajstić information content (AvgIpc) is 2.68. The number of rotatable bonds is 6. The maximum absolute atomic E-state index is 12.7. The Morgan fingerprint density at radius 1 is 1.04 bits per heavy atom. The van der Waals surface area contributed by atoms with Crippen LogP contribution in [0.25, 0.3) is 0 Å². The fraction of sp³-hybridized carbons (Fsp3) is 0.400. The Kier molecular flexibility index (Phi) is 5.92. The van der Waals surface area contributed by atoms with E-state index in [9.17, 15) is 8.42 Å². The highest BCUT2D eigenvalue weighted by Crippen LogP contribution is 2.25. The summed E-state index contributed by atoms with van der Waals surface area (Å²) >= 11 is 0. The van der Waals surface area contributed by atoms with Crippen molar-refractivity contribution in [2.75, 3.05) is 49.5 Å². The topological polar surface area (TPSA) is 61.9 Å². The first-order valence-electron chi connectivity index (χ1n) is 9.18. The van der Waals surface area contributed by atoms with Crippen molar-refractivity contribution in [2.45, 2.75) is 18.7 Å². The van der Waals surface area contributed by atoms with Gasteiger partial charge in [0.05, 0.1) is 12.0 Å². The van der Waals surface area contributed by atoms with Crippen molar-refractivity contribution >= 4 is 21.4 Å². The van der Waals surface area contributed by atoms with E-state index in [2.05, 4.69) is 21.4 Å². The molecule has 0 unspecified atom stereocenters. The van der Waals surface area contributed by atoms with Crippen LogP contribution in [-0.4, -0.2) is 53.2 Å². The van der Waals surface area contributed by atoms with Crippen LogP contribution in [0.15, 0.2) is 47.4 Å². The summed E-state index contributed by atoms with van der Waals surface area (Å²) in [5, 5.41) is 0. The predicted octanol–water partition coefficient (Wildman–Crippen LogP) is 2.95. The number of nitrogens with zero attached hydrogens (tertiary/aromatic N) is 2. The lowest BCUT2D eigenvalue weighted by Gasteiger charge is -2.35. The van der Waals surface area contributed by atoms with E-state index in [1.54, 1.807) is 32.2 Å². The van der Waals surface area contributed by atoms with Gasteiger partial charge >= 0.3 is 0 Å². The van der Waals surface area contributed by atoms with Crippen molar-refractivity contribution in [2.24, 2.45) is 0 Å². The Hall–Kier alpha value is -2.25. The Bertz CT molecular complexity index is 874. The van der Waals surface area contributed by atoms with Crippen LogP contribution in [-0.2, 0) is 10.0 Å². The fourth-order valence-electron chi connectivity index (χ4n) is 3.32. The largest absolute Gasteiger partial charge is 0.497 e. The Balaban J connectivity index is 1.70. The summed E-state index contributed by atoms with van der Waals surface area (Å²) in [7, 11) is -2.08. The van der Waals surface area contributed by atoms with Gasteiger partial charge in [0.15, 0.2) is 0 Å². The Morgan fingerprint density at radius 3 is 2.26 bits per heavy atom. The molecule has 1 heterocycles. The van der Waals surface area contributed by atoms with Gasteiger partial charge in [-0.1, -0.05) is 6.92 Å². The number of ether oxygens (including phenoxy) is 1. The van der Waals surface area contributed by atoms with Crippen molar-refractivity contribution in [3.05, 3.63) is 48.0 Å². The summed E-state index contributed by atoms with van der Waals surface area (Å²) in [6.07, 6.45) is 0. The molecule has 1 fully saturated rings. The molecule has 3 rings (SSSR count). The predicted molar refractivity (Wildman–Crippen MR) is 109 cm³/mol. The minimum Gasteiger partial charge on any atom is -0.497 e. The van der Waals surface area contributed by atoms with E-state index in [0.29, 0.717) is 17.0 Å². The zero-order valence-electron chi connectivity index (χ0n) is 16.1. The minimum absolute atomic E-state index is 0.253.